The van der Waals surface area contributed by atoms with E-state index in [2.05, 4.69) is 10.3 Å². The molecule has 1 saturated heterocycles. The molecule has 12 heteroatoms. The van der Waals surface area contributed by atoms with Crippen LogP contribution in [-0.2, 0) is 9.59 Å². The minimum Gasteiger partial charge on any atom is -0.487 e. The van der Waals surface area contributed by atoms with Crippen LogP contribution in [0.25, 0.3) is 0 Å². The van der Waals surface area contributed by atoms with E-state index >= 15 is 0 Å². The number of Topliss-reactive ketones (excluding diaryl/α,β-unsaturated/α-hetero) is 1. The van der Waals surface area contributed by atoms with Gasteiger partial charge in [-0.15, -0.1) is 0 Å². The average molecular weight is 618 g/mol. The van der Waals surface area contributed by atoms with Gasteiger partial charge in [0, 0.05) is 36.1 Å². The molecular formula is C32H32ClN5O6. The summed E-state index contributed by atoms with van der Waals surface area (Å²) in [6.07, 6.45) is 2.62. The molecule has 0 bridgehead atoms. The molecule has 2 aromatic carbocycles. The second-order valence-electron chi connectivity index (χ2n) is 11.5. The average Bonchev–Trinajstić information content (AvgIpc) is 3.36. The van der Waals surface area contributed by atoms with Crippen molar-refractivity contribution >= 4 is 41.1 Å². The van der Waals surface area contributed by atoms with Gasteiger partial charge in [0.15, 0.2) is 5.78 Å². The van der Waals surface area contributed by atoms with Gasteiger partial charge in [0.25, 0.3) is 0 Å². The number of carbonyl (C=O) groups excluding carboxylic acids is 3. The Morgan fingerprint density at radius 2 is 1.75 bits per heavy atom. The number of amidine groups is 1. The number of amides is 3. The number of carboxylic acids is 1. The molecule has 3 aromatic rings. The number of hydrogen-bond donors (Lipinski definition) is 2. The van der Waals surface area contributed by atoms with Crippen molar-refractivity contribution in [2.24, 2.45) is 4.99 Å². The first-order chi connectivity index (χ1) is 20.9. The maximum absolute atomic E-state index is 14.4. The predicted octanol–water partition coefficient (Wildman–Crippen LogP) is 4.67. The molecule has 2 N–H and O–H groups in total. The molecule has 0 saturated carbocycles. The Morgan fingerprint density at radius 1 is 1.05 bits per heavy atom. The molecule has 44 heavy (non-hydrogen) atoms. The second kappa shape index (κ2) is 12.5. The van der Waals surface area contributed by atoms with Crippen molar-refractivity contribution in [1.82, 2.24) is 20.1 Å². The van der Waals surface area contributed by atoms with E-state index < -0.39 is 41.9 Å². The SMILES string of the molecule is CC(C)(C)Oc1cc(C(=O)CC(=O)O)ccc1C1=NC(c2ccncc2)C(c2ccc(Cl)cc2)N1C(=O)N1CCNC(=O)C1. The first-order valence-corrected chi connectivity index (χ1v) is 14.5. The van der Waals surface area contributed by atoms with Gasteiger partial charge in [-0.25, -0.2) is 4.79 Å². The predicted molar refractivity (Wildman–Crippen MR) is 163 cm³/mol. The lowest BCUT2D eigenvalue weighted by Crippen LogP contribution is -2.55. The number of urea groups is 1. The van der Waals surface area contributed by atoms with Gasteiger partial charge in [-0.3, -0.25) is 29.3 Å². The number of nitrogens with one attached hydrogen (secondary N) is 1. The van der Waals surface area contributed by atoms with E-state index in [0.717, 1.165) is 11.1 Å². The topological polar surface area (TPSA) is 142 Å². The number of nitrogens with zero attached hydrogens (tertiary/aromatic N) is 4. The summed E-state index contributed by atoms with van der Waals surface area (Å²) in [4.78, 5) is 63.1. The van der Waals surface area contributed by atoms with Gasteiger partial charge in [0.1, 0.15) is 36.2 Å². The Labute approximate surface area is 259 Å². The van der Waals surface area contributed by atoms with Crippen LogP contribution >= 0.6 is 11.6 Å². The van der Waals surface area contributed by atoms with Crippen LogP contribution in [0.3, 0.4) is 0 Å². The fraction of sp³-hybridized carbons (Fsp3) is 0.312. The summed E-state index contributed by atoms with van der Waals surface area (Å²) < 4.78 is 6.31. The molecule has 5 rings (SSSR count). The lowest BCUT2D eigenvalue weighted by atomic mass is 9.94. The summed E-state index contributed by atoms with van der Waals surface area (Å²) in [6, 6.07) is 13.8. The highest BCUT2D eigenvalue weighted by atomic mass is 35.5. The molecule has 2 aliphatic rings. The van der Waals surface area contributed by atoms with Crippen molar-refractivity contribution in [1.29, 1.82) is 0 Å². The Morgan fingerprint density at radius 3 is 2.39 bits per heavy atom. The van der Waals surface area contributed by atoms with Gasteiger partial charge in [0.2, 0.25) is 5.91 Å². The van der Waals surface area contributed by atoms with Gasteiger partial charge in [-0.05, 0) is 68.3 Å². The van der Waals surface area contributed by atoms with Crippen LogP contribution in [0, 0.1) is 0 Å². The molecule has 11 nitrogen and oxygen atoms in total. The quantitative estimate of drug-likeness (QED) is 0.290. The lowest BCUT2D eigenvalue weighted by Gasteiger charge is -2.36. The van der Waals surface area contributed by atoms with E-state index in [1.807, 2.05) is 45.0 Å². The number of aliphatic imine (C=N–C) groups is 1. The van der Waals surface area contributed by atoms with Gasteiger partial charge >= 0.3 is 12.0 Å². The third kappa shape index (κ3) is 6.73. The Kier molecular flexibility index (Phi) is 8.68. The van der Waals surface area contributed by atoms with Crippen molar-refractivity contribution in [3.05, 3.63) is 94.3 Å². The summed E-state index contributed by atoms with van der Waals surface area (Å²) in [5.41, 5.74) is 1.42. The number of ketones is 1. The van der Waals surface area contributed by atoms with Crippen molar-refractivity contribution in [3.63, 3.8) is 0 Å². The molecule has 0 radical (unpaired) electrons. The zero-order chi connectivity index (χ0) is 31.6. The first kappa shape index (κ1) is 30.7. The molecule has 3 amide bonds. The Hall–Kier alpha value is -4.77. The molecule has 2 atom stereocenters. The second-order valence-corrected chi connectivity index (χ2v) is 12.0. The summed E-state index contributed by atoms with van der Waals surface area (Å²) in [7, 11) is 0. The van der Waals surface area contributed by atoms with Crippen LogP contribution in [-0.4, -0.2) is 74.7 Å². The van der Waals surface area contributed by atoms with E-state index in [1.54, 1.807) is 35.5 Å². The lowest BCUT2D eigenvalue weighted by molar-refractivity contribution is -0.136. The van der Waals surface area contributed by atoms with Gasteiger partial charge in [0.05, 0.1) is 11.6 Å². The maximum Gasteiger partial charge on any atom is 0.326 e. The summed E-state index contributed by atoms with van der Waals surface area (Å²) >= 11 is 6.24. The first-order valence-electron chi connectivity index (χ1n) is 14.1. The maximum atomic E-state index is 14.4. The zero-order valence-corrected chi connectivity index (χ0v) is 25.2. The number of rotatable bonds is 7. The van der Waals surface area contributed by atoms with Gasteiger partial charge in [-0.2, -0.15) is 0 Å². The monoisotopic (exact) mass is 617 g/mol. The van der Waals surface area contributed by atoms with Crippen molar-refractivity contribution in [2.45, 2.75) is 44.9 Å². The van der Waals surface area contributed by atoms with Crippen LogP contribution < -0.4 is 10.1 Å². The van der Waals surface area contributed by atoms with Crippen LogP contribution in [0.5, 0.6) is 5.75 Å². The number of benzene rings is 2. The normalized spacial score (nSPS) is 18.5. The molecule has 1 fully saturated rings. The molecule has 0 spiro atoms. The molecule has 2 unspecified atom stereocenters. The van der Waals surface area contributed by atoms with Gasteiger partial charge < -0.3 is 20.1 Å². The molecule has 1 aromatic heterocycles. The number of aliphatic carboxylic acids is 1. The van der Waals surface area contributed by atoms with Crippen LogP contribution in [0.4, 0.5) is 4.79 Å². The van der Waals surface area contributed by atoms with E-state index in [4.69, 9.17) is 21.3 Å². The van der Waals surface area contributed by atoms with Crippen LogP contribution in [0.2, 0.25) is 5.02 Å². The van der Waals surface area contributed by atoms with Crippen molar-refractivity contribution in [2.75, 3.05) is 19.6 Å². The minimum atomic E-state index is -1.24. The van der Waals surface area contributed by atoms with Gasteiger partial charge in [-0.1, -0.05) is 29.8 Å². The van der Waals surface area contributed by atoms with Crippen molar-refractivity contribution < 1.29 is 29.0 Å². The standard InChI is InChI=1S/C32H32ClN5O6/c1-32(2,3)44-25-16-21(24(39)17-27(41)42)6-9-23(25)30-36-28(19-10-12-34-13-11-19)29(20-4-7-22(33)8-5-20)38(30)31(43)37-15-14-35-26(40)18-37/h4-13,16,28-29H,14-15,17-18H2,1-3H3,(H,35,40)(H,41,42). The smallest absolute Gasteiger partial charge is 0.326 e. The number of ether oxygens (including phenoxy) is 1. The Bertz CT molecular complexity index is 1620. The highest BCUT2D eigenvalue weighted by Crippen LogP contribution is 2.45. The molecular weight excluding hydrogens is 586 g/mol. The summed E-state index contributed by atoms with van der Waals surface area (Å²) in [5, 5.41) is 12.5. The van der Waals surface area contributed by atoms with E-state index in [0.29, 0.717) is 23.7 Å². The van der Waals surface area contributed by atoms with Crippen molar-refractivity contribution in [3.8, 4) is 5.75 Å². The number of halogens is 1. The summed E-state index contributed by atoms with van der Waals surface area (Å²) in [6.45, 7) is 6.00. The highest BCUT2D eigenvalue weighted by molar-refractivity contribution is 6.30. The van der Waals surface area contributed by atoms with E-state index in [9.17, 15) is 24.3 Å². The fourth-order valence-corrected chi connectivity index (χ4v) is 5.37. The molecule has 0 aliphatic carbocycles. The zero-order valence-electron chi connectivity index (χ0n) is 24.5. The number of hydrogen-bond acceptors (Lipinski definition) is 7. The fourth-order valence-electron chi connectivity index (χ4n) is 5.24. The van der Waals surface area contributed by atoms with E-state index in [1.165, 1.54) is 17.0 Å². The summed E-state index contributed by atoms with van der Waals surface area (Å²) in [5.74, 6) is -1.57. The number of aromatic nitrogens is 1. The number of pyridine rings is 1. The van der Waals surface area contributed by atoms with E-state index in [-0.39, 0.29) is 29.6 Å². The molecule has 3 heterocycles. The largest absolute Gasteiger partial charge is 0.487 e. The van der Waals surface area contributed by atoms with Crippen LogP contribution in [0.1, 0.15) is 66.3 Å². The Balaban J connectivity index is 1.71. The number of carbonyl (C=O) groups is 4. The number of piperazine rings is 1. The molecule has 228 valence electrons. The number of carboxylic acid groups (broad SMARTS) is 1. The van der Waals surface area contributed by atoms with Crippen LogP contribution in [0.15, 0.2) is 72.0 Å². The third-order valence-electron chi connectivity index (χ3n) is 7.11. The highest BCUT2D eigenvalue weighted by Gasteiger charge is 2.45. The third-order valence-corrected chi connectivity index (χ3v) is 7.37. The minimum absolute atomic E-state index is 0.121. The molecule has 2 aliphatic heterocycles.